The molecule has 128 valence electrons. The Hall–Kier alpha value is -1.65. The number of rotatable bonds is 4. The monoisotopic (exact) mass is 369 g/mol. The first kappa shape index (κ1) is 16.8. The predicted octanol–water partition coefficient (Wildman–Crippen LogP) is 5.64. The second-order valence-electron chi connectivity index (χ2n) is 6.31. The number of morpholine rings is 1. The lowest BCUT2D eigenvalue weighted by Gasteiger charge is -2.33. The molecule has 25 heavy (non-hydrogen) atoms. The van der Waals surface area contributed by atoms with Crippen LogP contribution in [-0.2, 0) is 11.3 Å². The zero-order valence-electron chi connectivity index (χ0n) is 13.9. The average molecular weight is 370 g/mol. The normalized spacial score (nSPS) is 18.4. The van der Waals surface area contributed by atoms with E-state index in [1.165, 1.54) is 16.7 Å². The van der Waals surface area contributed by atoms with Crippen molar-refractivity contribution in [3.8, 4) is 11.1 Å². The number of halogens is 1. The Morgan fingerprint density at radius 3 is 2.56 bits per heavy atom. The summed E-state index contributed by atoms with van der Waals surface area (Å²) in [4.78, 5) is 2.47. The van der Waals surface area contributed by atoms with E-state index in [-0.39, 0.29) is 6.10 Å². The van der Waals surface area contributed by atoms with Gasteiger partial charge in [0.05, 0.1) is 12.7 Å². The van der Waals surface area contributed by atoms with E-state index in [4.69, 9.17) is 16.3 Å². The van der Waals surface area contributed by atoms with E-state index in [1.54, 1.807) is 11.3 Å². The number of ether oxygens (including phenoxy) is 1. The molecule has 2 heterocycles. The number of thiophene rings is 1. The quantitative estimate of drug-likeness (QED) is 0.589. The summed E-state index contributed by atoms with van der Waals surface area (Å²) in [5, 5.41) is 2.03. The summed E-state index contributed by atoms with van der Waals surface area (Å²) < 4.78 is 6.81. The van der Waals surface area contributed by atoms with Crippen LogP contribution in [0.2, 0.25) is 4.34 Å². The molecule has 0 N–H and O–H groups in total. The van der Waals surface area contributed by atoms with E-state index in [0.717, 1.165) is 36.1 Å². The zero-order chi connectivity index (χ0) is 17.1. The van der Waals surface area contributed by atoms with Crippen LogP contribution in [0.4, 0.5) is 0 Å². The molecule has 1 aliphatic heterocycles. The molecule has 2 aromatic carbocycles. The lowest BCUT2D eigenvalue weighted by atomic mass is 10.1. The molecular formula is C21H20ClNOS. The number of benzene rings is 2. The second-order valence-corrected chi connectivity index (χ2v) is 7.83. The highest BCUT2D eigenvalue weighted by Gasteiger charge is 2.21. The van der Waals surface area contributed by atoms with Crippen LogP contribution in [0.3, 0.4) is 0 Å². The van der Waals surface area contributed by atoms with Gasteiger partial charge in [-0.2, -0.15) is 0 Å². The minimum Gasteiger partial charge on any atom is -0.371 e. The van der Waals surface area contributed by atoms with Crippen molar-refractivity contribution in [2.75, 3.05) is 19.7 Å². The first-order chi connectivity index (χ1) is 12.3. The minimum absolute atomic E-state index is 0.166. The summed E-state index contributed by atoms with van der Waals surface area (Å²) in [5.41, 5.74) is 4.88. The Kier molecular flexibility index (Phi) is 5.18. The van der Waals surface area contributed by atoms with Crippen LogP contribution in [0.15, 0.2) is 66.0 Å². The van der Waals surface area contributed by atoms with Crippen LogP contribution in [0, 0.1) is 0 Å². The molecule has 0 radical (unpaired) electrons. The third kappa shape index (κ3) is 3.96. The Labute approximate surface area is 157 Å². The van der Waals surface area contributed by atoms with Crippen molar-refractivity contribution in [1.82, 2.24) is 4.90 Å². The lowest BCUT2D eigenvalue weighted by Crippen LogP contribution is -2.37. The molecule has 2 nitrogen and oxygen atoms in total. The van der Waals surface area contributed by atoms with Gasteiger partial charge in [0.1, 0.15) is 4.34 Å². The van der Waals surface area contributed by atoms with Crippen LogP contribution in [0.5, 0.6) is 0 Å². The maximum Gasteiger partial charge on any atom is 0.101 e. The number of hydrogen-bond acceptors (Lipinski definition) is 3. The molecule has 0 saturated carbocycles. The van der Waals surface area contributed by atoms with Crippen molar-refractivity contribution in [3.63, 3.8) is 0 Å². The first-order valence-corrected chi connectivity index (χ1v) is 9.76. The lowest BCUT2D eigenvalue weighted by molar-refractivity contribution is -0.0329. The molecule has 0 amide bonds. The van der Waals surface area contributed by atoms with Gasteiger partial charge in [0, 0.05) is 25.2 Å². The zero-order valence-corrected chi connectivity index (χ0v) is 15.5. The average Bonchev–Trinajstić information content (AvgIpc) is 3.09. The fraction of sp³-hybridized carbons (Fsp3) is 0.238. The SMILES string of the molecule is Clc1sccc1-c1ccc(CN2CCO[C@@H](c3ccccc3)C2)cc1. The van der Waals surface area contributed by atoms with E-state index in [0.29, 0.717) is 0 Å². The summed E-state index contributed by atoms with van der Waals surface area (Å²) in [6.45, 7) is 3.63. The standard InChI is InChI=1S/C21H20ClNOS/c22-21-19(10-13-25-21)17-8-6-16(7-9-17)14-23-11-12-24-20(15-23)18-4-2-1-3-5-18/h1-10,13,20H,11-12,14-15H2/t20-/m1/s1. The summed E-state index contributed by atoms with van der Waals surface area (Å²) in [6, 6.07) is 21.3. The summed E-state index contributed by atoms with van der Waals surface area (Å²) >= 11 is 7.81. The van der Waals surface area contributed by atoms with Crippen LogP contribution in [0.1, 0.15) is 17.2 Å². The highest BCUT2D eigenvalue weighted by molar-refractivity contribution is 7.15. The molecule has 0 aliphatic carbocycles. The molecule has 4 heteroatoms. The van der Waals surface area contributed by atoms with E-state index in [1.807, 2.05) is 11.4 Å². The van der Waals surface area contributed by atoms with Crippen LogP contribution >= 0.6 is 22.9 Å². The van der Waals surface area contributed by atoms with Crippen molar-refractivity contribution in [1.29, 1.82) is 0 Å². The van der Waals surface area contributed by atoms with Crippen molar-refractivity contribution < 1.29 is 4.74 Å². The van der Waals surface area contributed by atoms with Gasteiger partial charge >= 0.3 is 0 Å². The largest absolute Gasteiger partial charge is 0.371 e. The molecule has 1 saturated heterocycles. The maximum absolute atomic E-state index is 6.24. The third-order valence-electron chi connectivity index (χ3n) is 4.61. The van der Waals surface area contributed by atoms with Crippen molar-refractivity contribution in [2.24, 2.45) is 0 Å². The Morgan fingerprint density at radius 2 is 1.84 bits per heavy atom. The molecule has 1 atom stereocenters. The number of nitrogens with zero attached hydrogens (tertiary/aromatic N) is 1. The third-order valence-corrected chi connectivity index (χ3v) is 5.78. The fourth-order valence-electron chi connectivity index (χ4n) is 3.26. The molecule has 0 spiro atoms. The minimum atomic E-state index is 0.166. The topological polar surface area (TPSA) is 12.5 Å². The van der Waals surface area contributed by atoms with E-state index in [9.17, 15) is 0 Å². The fourth-order valence-corrected chi connectivity index (χ4v) is 4.23. The number of hydrogen-bond donors (Lipinski definition) is 0. The molecule has 1 fully saturated rings. The Bertz CT molecular complexity index is 815. The molecule has 3 aromatic rings. The van der Waals surface area contributed by atoms with Gasteiger partial charge in [0.15, 0.2) is 0 Å². The van der Waals surface area contributed by atoms with Crippen molar-refractivity contribution in [3.05, 3.63) is 81.5 Å². The Morgan fingerprint density at radius 1 is 1.04 bits per heavy atom. The van der Waals surface area contributed by atoms with Gasteiger partial charge < -0.3 is 4.74 Å². The van der Waals surface area contributed by atoms with Crippen molar-refractivity contribution >= 4 is 22.9 Å². The highest BCUT2D eigenvalue weighted by Crippen LogP contribution is 2.32. The van der Waals surface area contributed by atoms with Crippen LogP contribution < -0.4 is 0 Å². The van der Waals surface area contributed by atoms with Crippen LogP contribution in [-0.4, -0.2) is 24.6 Å². The molecular weight excluding hydrogens is 350 g/mol. The Balaban J connectivity index is 1.42. The van der Waals surface area contributed by atoms with Gasteiger partial charge in [0.25, 0.3) is 0 Å². The van der Waals surface area contributed by atoms with Gasteiger partial charge in [-0.25, -0.2) is 0 Å². The predicted molar refractivity (Wildman–Crippen MR) is 105 cm³/mol. The van der Waals surface area contributed by atoms with Gasteiger partial charge in [-0.1, -0.05) is 66.2 Å². The molecule has 1 aliphatic rings. The molecule has 4 rings (SSSR count). The molecule has 0 bridgehead atoms. The van der Waals surface area contributed by atoms with E-state index < -0.39 is 0 Å². The van der Waals surface area contributed by atoms with Gasteiger partial charge in [-0.3, -0.25) is 4.90 Å². The summed E-state index contributed by atoms with van der Waals surface area (Å²) in [5.74, 6) is 0. The summed E-state index contributed by atoms with van der Waals surface area (Å²) in [7, 11) is 0. The van der Waals surface area contributed by atoms with Crippen molar-refractivity contribution in [2.45, 2.75) is 12.6 Å². The summed E-state index contributed by atoms with van der Waals surface area (Å²) in [6.07, 6.45) is 0.166. The first-order valence-electron chi connectivity index (χ1n) is 8.51. The maximum atomic E-state index is 6.24. The van der Waals surface area contributed by atoms with E-state index >= 15 is 0 Å². The van der Waals surface area contributed by atoms with Gasteiger partial charge in [0.2, 0.25) is 0 Å². The second kappa shape index (κ2) is 7.71. The molecule has 0 unspecified atom stereocenters. The smallest absolute Gasteiger partial charge is 0.101 e. The van der Waals surface area contributed by atoms with Gasteiger partial charge in [-0.15, -0.1) is 11.3 Å². The van der Waals surface area contributed by atoms with Gasteiger partial charge in [-0.05, 0) is 28.1 Å². The highest BCUT2D eigenvalue weighted by atomic mass is 35.5. The van der Waals surface area contributed by atoms with Crippen LogP contribution in [0.25, 0.3) is 11.1 Å². The van der Waals surface area contributed by atoms with E-state index in [2.05, 4.69) is 59.5 Å². The molecule has 1 aromatic heterocycles.